The minimum absolute atomic E-state index is 0.221. The summed E-state index contributed by atoms with van der Waals surface area (Å²) in [5.41, 5.74) is 1.67. The van der Waals surface area contributed by atoms with E-state index in [0.29, 0.717) is 33.6 Å². The van der Waals surface area contributed by atoms with E-state index in [-0.39, 0.29) is 4.32 Å². The Hall–Kier alpha value is -2.55. The average Bonchev–Trinajstić information content (AvgIpc) is 2.95. The number of hydrogen-bond donors (Lipinski definition) is 1. The van der Waals surface area contributed by atoms with Gasteiger partial charge in [-0.3, -0.25) is 14.5 Å². The Morgan fingerprint density at radius 2 is 1.97 bits per heavy atom. The summed E-state index contributed by atoms with van der Waals surface area (Å²) in [7, 11) is 1.53. The van der Waals surface area contributed by atoms with Crippen molar-refractivity contribution in [2.75, 3.05) is 13.7 Å². The molecular weight excluding hydrogens is 434 g/mol. The Kier molecular flexibility index (Phi) is 6.79. The van der Waals surface area contributed by atoms with Crippen molar-refractivity contribution in [3.8, 4) is 11.5 Å². The van der Waals surface area contributed by atoms with Gasteiger partial charge in [-0.1, -0.05) is 53.8 Å². The maximum Gasteiger partial charge on any atom is 0.323 e. The minimum atomic E-state index is -1.12. The lowest BCUT2D eigenvalue weighted by Crippen LogP contribution is -2.33. The van der Waals surface area contributed by atoms with Crippen LogP contribution >= 0.6 is 35.6 Å². The van der Waals surface area contributed by atoms with E-state index in [1.165, 1.54) is 7.11 Å². The summed E-state index contributed by atoms with van der Waals surface area (Å²) >= 11 is 12.1. The molecule has 1 N–H and O–H groups in total. The summed E-state index contributed by atoms with van der Waals surface area (Å²) in [5, 5.41) is 9.57. The second kappa shape index (κ2) is 9.30. The number of thioether (sulfide) groups is 1. The molecule has 0 aliphatic carbocycles. The van der Waals surface area contributed by atoms with Crippen LogP contribution in [0.25, 0.3) is 6.08 Å². The average molecular weight is 450 g/mol. The molecule has 0 atom stereocenters. The predicted molar refractivity (Wildman–Crippen MR) is 116 cm³/mol. The van der Waals surface area contributed by atoms with Crippen molar-refractivity contribution in [2.45, 2.75) is 6.61 Å². The molecule has 0 unspecified atom stereocenters. The number of carbonyl (C=O) groups excluding carboxylic acids is 1. The molecule has 3 rings (SSSR count). The van der Waals surface area contributed by atoms with E-state index in [4.69, 9.17) is 38.4 Å². The minimum Gasteiger partial charge on any atom is -0.493 e. The number of rotatable bonds is 7. The second-order valence-corrected chi connectivity index (χ2v) is 8.10. The lowest BCUT2D eigenvalue weighted by molar-refractivity contribution is -0.140. The summed E-state index contributed by atoms with van der Waals surface area (Å²) in [6.45, 7) is -0.108. The second-order valence-electron chi connectivity index (χ2n) is 5.99. The molecule has 1 aliphatic heterocycles. The maximum atomic E-state index is 12.4. The van der Waals surface area contributed by atoms with Crippen LogP contribution in [0.4, 0.5) is 0 Å². The van der Waals surface area contributed by atoms with Gasteiger partial charge in [0, 0.05) is 5.02 Å². The van der Waals surface area contributed by atoms with E-state index >= 15 is 0 Å². The van der Waals surface area contributed by atoms with Gasteiger partial charge in [0.1, 0.15) is 17.5 Å². The molecule has 1 aliphatic rings. The van der Waals surface area contributed by atoms with Gasteiger partial charge in [0.05, 0.1) is 12.0 Å². The van der Waals surface area contributed by atoms with Crippen LogP contribution < -0.4 is 9.47 Å². The van der Waals surface area contributed by atoms with E-state index in [9.17, 15) is 9.59 Å². The van der Waals surface area contributed by atoms with Crippen molar-refractivity contribution in [1.82, 2.24) is 4.90 Å². The van der Waals surface area contributed by atoms with Crippen LogP contribution in [0.2, 0.25) is 5.02 Å². The van der Waals surface area contributed by atoms with Gasteiger partial charge in [-0.05, 0) is 41.5 Å². The zero-order chi connectivity index (χ0) is 21.0. The Morgan fingerprint density at radius 1 is 1.24 bits per heavy atom. The highest BCUT2D eigenvalue weighted by Gasteiger charge is 2.33. The molecule has 9 heteroatoms. The topological polar surface area (TPSA) is 76.1 Å². The molecule has 1 saturated heterocycles. The summed E-state index contributed by atoms with van der Waals surface area (Å²) in [6, 6.07) is 12.6. The number of aliphatic carboxylic acids is 1. The van der Waals surface area contributed by atoms with Crippen molar-refractivity contribution in [2.24, 2.45) is 0 Å². The molecule has 1 heterocycles. The van der Waals surface area contributed by atoms with E-state index in [1.807, 2.05) is 12.1 Å². The van der Waals surface area contributed by atoms with Gasteiger partial charge in [0.25, 0.3) is 5.91 Å². The van der Waals surface area contributed by atoms with Crippen molar-refractivity contribution in [3.63, 3.8) is 0 Å². The standard InChI is InChI=1S/C20H16ClNO5S2/c1-26-16-8-13(9-17-19(25)22(10-18(23)24)20(28)29-17)4-7-15(16)27-11-12-2-5-14(21)6-3-12/h2-9H,10-11H2,1H3,(H,23,24)/b17-9-. The van der Waals surface area contributed by atoms with Crippen LogP contribution in [-0.4, -0.2) is 39.9 Å². The molecule has 0 radical (unpaired) electrons. The number of hydrogen-bond acceptors (Lipinski definition) is 6. The summed E-state index contributed by atoms with van der Waals surface area (Å²) < 4.78 is 11.4. The largest absolute Gasteiger partial charge is 0.493 e. The molecule has 1 amide bonds. The normalized spacial score (nSPS) is 15.1. The van der Waals surface area contributed by atoms with Crippen LogP contribution in [0.5, 0.6) is 11.5 Å². The van der Waals surface area contributed by atoms with E-state index < -0.39 is 18.4 Å². The lowest BCUT2D eigenvalue weighted by Gasteiger charge is -2.12. The fourth-order valence-electron chi connectivity index (χ4n) is 2.56. The predicted octanol–water partition coefficient (Wildman–Crippen LogP) is 4.21. The molecule has 6 nitrogen and oxygen atoms in total. The SMILES string of the molecule is COc1cc(/C=C2\SC(=S)N(CC(=O)O)C2=O)ccc1OCc1ccc(Cl)cc1. The highest BCUT2D eigenvalue weighted by molar-refractivity contribution is 8.26. The molecule has 0 bridgehead atoms. The van der Waals surface area contributed by atoms with Crippen LogP contribution in [0.3, 0.4) is 0 Å². The number of ether oxygens (including phenoxy) is 2. The molecule has 0 aromatic heterocycles. The number of nitrogens with zero attached hydrogens (tertiary/aromatic N) is 1. The molecule has 29 heavy (non-hydrogen) atoms. The Bertz CT molecular complexity index is 991. The molecule has 2 aromatic rings. The van der Waals surface area contributed by atoms with Gasteiger partial charge in [0.2, 0.25) is 0 Å². The van der Waals surface area contributed by atoms with Crippen LogP contribution in [0.15, 0.2) is 47.4 Å². The fraction of sp³-hybridized carbons (Fsp3) is 0.150. The van der Waals surface area contributed by atoms with Gasteiger partial charge in [-0.25, -0.2) is 0 Å². The fourth-order valence-corrected chi connectivity index (χ4v) is 3.94. The lowest BCUT2D eigenvalue weighted by atomic mass is 10.1. The quantitative estimate of drug-likeness (QED) is 0.501. The number of benzene rings is 2. The van der Waals surface area contributed by atoms with Gasteiger partial charge in [-0.2, -0.15) is 0 Å². The van der Waals surface area contributed by atoms with Gasteiger partial charge in [-0.15, -0.1) is 0 Å². The van der Waals surface area contributed by atoms with E-state index in [2.05, 4.69) is 0 Å². The maximum absolute atomic E-state index is 12.4. The Labute approximate surface area is 182 Å². The number of halogens is 1. The van der Waals surface area contributed by atoms with Crippen LogP contribution in [0.1, 0.15) is 11.1 Å². The van der Waals surface area contributed by atoms with Gasteiger partial charge >= 0.3 is 5.97 Å². The molecule has 0 spiro atoms. The zero-order valence-electron chi connectivity index (χ0n) is 15.3. The number of amides is 1. The van der Waals surface area contributed by atoms with Gasteiger partial charge < -0.3 is 14.6 Å². The Morgan fingerprint density at radius 3 is 2.62 bits per heavy atom. The third kappa shape index (κ3) is 5.29. The van der Waals surface area contributed by atoms with Crippen molar-refractivity contribution in [3.05, 3.63) is 63.5 Å². The monoisotopic (exact) mass is 449 g/mol. The molecular formula is C20H16ClNO5S2. The molecule has 150 valence electrons. The highest BCUT2D eigenvalue weighted by Crippen LogP contribution is 2.34. The van der Waals surface area contributed by atoms with Gasteiger partial charge in [0.15, 0.2) is 11.5 Å². The molecule has 0 saturated carbocycles. The van der Waals surface area contributed by atoms with Crippen LogP contribution in [0, 0.1) is 0 Å². The first-order valence-corrected chi connectivity index (χ1v) is 10.00. The summed E-state index contributed by atoms with van der Waals surface area (Å²) in [6.07, 6.45) is 1.65. The summed E-state index contributed by atoms with van der Waals surface area (Å²) in [5.74, 6) is -0.484. The van der Waals surface area contributed by atoms with E-state index in [0.717, 1.165) is 22.2 Å². The first kappa shape index (κ1) is 21.2. The number of carboxylic acid groups (broad SMARTS) is 1. The first-order chi connectivity index (χ1) is 13.9. The first-order valence-electron chi connectivity index (χ1n) is 8.40. The molecule has 1 fully saturated rings. The number of thiocarbonyl (C=S) groups is 1. The number of carbonyl (C=O) groups is 2. The smallest absolute Gasteiger partial charge is 0.323 e. The van der Waals surface area contributed by atoms with E-state index in [1.54, 1.807) is 36.4 Å². The Balaban J connectivity index is 1.75. The third-order valence-corrected chi connectivity index (χ3v) is 5.59. The third-order valence-electron chi connectivity index (χ3n) is 3.96. The zero-order valence-corrected chi connectivity index (χ0v) is 17.6. The molecule has 2 aromatic carbocycles. The van der Waals surface area contributed by atoms with Crippen molar-refractivity contribution < 1.29 is 24.2 Å². The number of methoxy groups -OCH3 is 1. The van der Waals surface area contributed by atoms with Crippen molar-refractivity contribution in [1.29, 1.82) is 0 Å². The van der Waals surface area contributed by atoms with Crippen molar-refractivity contribution >= 4 is 57.9 Å². The van der Waals surface area contributed by atoms with Crippen LogP contribution in [-0.2, 0) is 16.2 Å². The number of carboxylic acids is 1. The highest BCUT2D eigenvalue weighted by atomic mass is 35.5. The summed E-state index contributed by atoms with van der Waals surface area (Å²) in [4.78, 5) is 24.7.